The summed E-state index contributed by atoms with van der Waals surface area (Å²) in [5.74, 6) is 0.229. The highest BCUT2D eigenvalue weighted by molar-refractivity contribution is 5.90. The van der Waals surface area contributed by atoms with E-state index in [1.54, 1.807) is 25.5 Å². The van der Waals surface area contributed by atoms with Crippen LogP contribution in [-0.4, -0.2) is 27.5 Å². The fraction of sp³-hybridized carbons (Fsp3) is 0.375. The topological polar surface area (TPSA) is 65.0 Å². The molecule has 0 aliphatic carbocycles. The number of rotatable bonds is 5. The van der Waals surface area contributed by atoms with Crippen LogP contribution in [0.15, 0.2) is 24.7 Å². The first-order valence-corrected chi connectivity index (χ1v) is 7.11. The monoisotopic (exact) mass is 285 g/mol. The zero-order valence-corrected chi connectivity index (χ0v) is 12.6. The number of hydrogen-bond donors (Lipinski definition) is 0. The van der Waals surface area contributed by atoms with Crippen molar-refractivity contribution >= 4 is 5.97 Å². The van der Waals surface area contributed by atoms with E-state index >= 15 is 0 Å². The zero-order chi connectivity index (χ0) is 15.2. The molecule has 0 aliphatic rings. The minimum atomic E-state index is -0.365. The second-order valence-electron chi connectivity index (χ2n) is 4.72. The summed E-state index contributed by atoms with van der Waals surface area (Å²) in [5, 5.41) is 0. The van der Waals surface area contributed by atoms with Crippen molar-refractivity contribution in [1.29, 1.82) is 0 Å². The number of ether oxygens (including phenoxy) is 1. The van der Waals surface area contributed by atoms with Crippen LogP contribution >= 0.6 is 0 Å². The van der Waals surface area contributed by atoms with Crippen LogP contribution in [0.3, 0.4) is 0 Å². The van der Waals surface area contributed by atoms with E-state index in [0.29, 0.717) is 24.4 Å². The van der Waals surface area contributed by atoms with Crippen LogP contribution in [0.4, 0.5) is 0 Å². The average molecular weight is 285 g/mol. The van der Waals surface area contributed by atoms with Gasteiger partial charge in [-0.1, -0.05) is 13.3 Å². The van der Waals surface area contributed by atoms with Crippen LogP contribution in [0.2, 0.25) is 0 Å². The molecule has 0 atom stereocenters. The van der Waals surface area contributed by atoms with Crippen molar-refractivity contribution in [2.75, 3.05) is 6.61 Å². The Kier molecular flexibility index (Phi) is 4.98. The number of carbonyl (C=O) groups excluding carboxylic acids is 1. The van der Waals surface area contributed by atoms with Gasteiger partial charge in [-0.05, 0) is 31.9 Å². The Morgan fingerprint density at radius 2 is 2.10 bits per heavy atom. The predicted octanol–water partition coefficient (Wildman–Crippen LogP) is 2.98. The van der Waals surface area contributed by atoms with E-state index in [9.17, 15) is 4.79 Å². The molecule has 0 saturated heterocycles. The molecule has 2 rings (SSSR count). The molecule has 2 aromatic heterocycles. The molecule has 21 heavy (non-hydrogen) atoms. The highest BCUT2D eigenvalue weighted by Crippen LogP contribution is 2.20. The van der Waals surface area contributed by atoms with Crippen molar-refractivity contribution in [1.82, 2.24) is 15.0 Å². The molecule has 0 bridgehead atoms. The highest BCUT2D eigenvalue weighted by Gasteiger charge is 2.16. The number of nitrogens with zero attached hydrogens (tertiary/aromatic N) is 3. The smallest absolute Gasteiger partial charge is 0.341 e. The fourth-order valence-corrected chi connectivity index (χ4v) is 2.05. The van der Waals surface area contributed by atoms with Gasteiger partial charge in [-0.2, -0.15) is 0 Å². The number of esters is 1. The first kappa shape index (κ1) is 15.1. The van der Waals surface area contributed by atoms with E-state index in [1.807, 2.05) is 19.9 Å². The summed E-state index contributed by atoms with van der Waals surface area (Å²) in [4.78, 5) is 24.9. The third kappa shape index (κ3) is 3.42. The van der Waals surface area contributed by atoms with Gasteiger partial charge in [-0.25, -0.2) is 14.8 Å². The maximum absolute atomic E-state index is 11.9. The van der Waals surface area contributed by atoms with Crippen LogP contribution in [0.5, 0.6) is 0 Å². The molecule has 110 valence electrons. The first-order chi connectivity index (χ1) is 10.2. The molecule has 0 radical (unpaired) electrons. The Balaban J connectivity index is 2.45. The van der Waals surface area contributed by atoms with Gasteiger partial charge >= 0.3 is 5.97 Å². The summed E-state index contributed by atoms with van der Waals surface area (Å²) >= 11 is 0. The van der Waals surface area contributed by atoms with Crippen molar-refractivity contribution in [2.45, 2.75) is 33.6 Å². The summed E-state index contributed by atoms with van der Waals surface area (Å²) in [5.41, 5.74) is 3.11. The molecule has 0 N–H and O–H groups in total. The quantitative estimate of drug-likeness (QED) is 0.790. The summed E-state index contributed by atoms with van der Waals surface area (Å²) in [6.45, 7) is 6.16. The average Bonchev–Trinajstić information content (AvgIpc) is 2.48. The van der Waals surface area contributed by atoms with E-state index in [2.05, 4.69) is 15.0 Å². The predicted molar refractivity (Wildman–Crippen MR) is 80.0 cm³/mol. The van der Waals surface area contributed by atoms with E-state index < -0.39 is 0 Å². The summed E-state index contributed by atoms with van der Waals surface area (Å²) in [7, 11) is 0. The van der Waals surface area contributed by atoms with Crippen LogP contribution < -0.4 is 0 Å². The van der Waals surface area contributed by atoms with Crippen molar-refractivity contribution in [3.63, 3.8) is 0 Å². The largest absolute Gasteiger partial charge is 0.462 e. The lowest BCUT2D eigenvalue weighted by Gasteiger charge is -2.10. The van der Waals surface area contributed by atoms with Crippen molar-refractivity contribution in [3.8, 4) is 11.4 Å². The van der Waals surface area contributed by atoms with E-state index in [1.165, 1.54) is 0 Å². The molecule has 5 nitrogen and oxygen atoms in total. The molecule has 0 aromatic carbocycles. The second-order valence-corrected chi connectivity index (χ2v) is 4.72. The minimum Gasteiger partial charge on any atom is -0.462 e. The van der Waals surface area contributed by atoms with Crippen LogP contribution in [0.25, 0.3) is 11.4 Å². The minimum absolute atomic E-state index is 0.341. The molecule has 2 aromatic rings. The van der Waals surface area contributed by atoms with Gasteiger partial charge in [0.25, 0.3) is 0 Å². The summed E-state index contributed by atoms with van der Waals surface area (Å²) < 4.78 is 5.05. The van der Waals surface area contributed by atoms with Gasteiger partial charge in [-0.15, -0.1) is 0 Å². The molecule has 0 aliphatic heterocycles. The number of aromatic nitrogens is 3. The highest BCUT2D eigenvalue weighted by atomic mass is 16.5. The fourth-order valence-electron chi connectivity index (χ4n) is 2.05. The van der Waals surface area contributed by atoms with E-state index in [0.717, 1.165) is 23.2 Å². The normalized spacial score (nSPS) is 10.4. The molecular weight excluding hydrogens is 266 g/mol. The number of aryl methyl sites for hydroxylation is 2. The van der Waals surface area contributed by atoms with Gasteiger partial charge in [0.1, 0.15) is 0 Å². The van der Waals surface area contributed by atoms with Gasteiger partial charge in [0.2, 0.25) is 0 Å². The molecule has 0 spiro atoms. The summed E-state index contributed by atoms with van der Waals surface area (Å²) in [6, 6.07) is 1.91. The Morgan fingerprint density at radius 1 is 1.29 bits per heavy atom. The molecular formula is C16H19N3O2. The number of pyridine rings is 1. The van der Waals surface area contributed by atoms with Gasteiger partial charge in [-0.3, -0.25) is 4.98 Å². The lowest BCUT2D eigenvalue weighted by Crippen LogP contribution is -2.11. The van der Waals surface area contributed by atoms with Crippen LogP contribution in [0.1, 0.15) is 41.9 Å². The van der Waals surface area contributed by atoms with E-state index in [-0.39, 0.29) is 5.97 Å². The third-order valence-corrected chi connectivity index (χ3v) is 3.13. The molecule has 0 amide bonds. The molecule has 0 fully saturated rings. The Hall–Kier alpha value is -2.30. The Labute approximate surface area is 124 Å². The third-order valence-electron chi connectivity index (χ3n) is 3.13. The van der Waals surface area contributed by atoms with Crippen molar-refractivity contribution in [3.05, 3.63) is 41.5 Å². The van der Waals surface area contributed by atoms with Crippen LogP contribution in [-0.2, 0) is 11.2 Å². The molecule has 5 heteroatoms. The lowest BCUT2D eigenvalue weighted by molar-refractivity contribution is 0.0524. The maximum Gasteiger partial charge on any atom is 0.341 e. The zero-order valence-electron chi connectivity index (χ0n) is 12.6. The number of carbonyl (C=O) groups is 1. The van der Waals surface area contributed by atoms with Gasteiger partial charge in [0.15, 0.2) is 5.82 Å². The molecule has 0 unspecified atom stereocenters. The van der Waals surface area contributed by atoms with Gasteiger partial charge < -0.3 is 4.74 Å². The second kappa shape index (κ2) is 6.92. The molecule has 0 saturated carbocycles. The Morgan fingerprint density at radius 3 is 2.76 bits per heavy atom. The lowest BCUT2D eigenvalue weighted by atomic mass is 10.1. The standard InChI is InChI=1S/C16H19N3O2/c1-4-6-14-13(16(20)21-5-2)10-18-15(19-14)12-9-17-8-7-11(12)3/h7-10H,4-6H2,1-3H3. The Bertz CT molecular complexity index is 641. The van der Waals surface area contributed by atoms with Crippen molar-refractivity contribution < 1.29 is 9.53 Å². The SMILES string of the molecule is CCCc1nc(-c2cnccc2C)ncc1C(=O)OCC. The first-order valence-electron chi connectivity index (χ1n) is 7.11. The number of hydrogen-bond acceptors (Lipinski definition) is 5. The van der Waals surface area contributed by atoms with Gasteiger partial charge in [0, 0.05) is 24.2 Å². The van der Waals surface area contributed by atoms with Crippen LogP contribution in [0, 0.1) is 6.92 Å². The van der Waals surface area contributed by atoms with Gasteiger partial charge in [0.05, 0.1) is 17.9 Å². The van der Waals surface area contributed by atoms with Crippen molar-refractivity contribution in [2.24, 2.45) is 0 Å². The summed E-state index contributed by atoms with van der Waals surface area (Å²) in [6.07, 6.45) is 6.64. The van der Waals surface area contributed by atoms with E-state index in [4.69, 9.17) is 4.74 Å². The maximum atomic E-state index is 11.9. The molecule has 2 heterocycles.